The van der Waals surface area contributed by atoms with Crippen LogP contribution in [0.3, 0.4) is 0 Å². The zero-order valence-electron chi connectivity index (χ0n) is 22.0. The van der Waals surface area contributed by atoms with Crippen LogP contribution in [0, 0.1) is 18.4 Å². The highest BCUT2D eigenvalue weighted by molar-refractivity contribution is 7.89. The number of carbonyl (C=O) groups is 2. The summed E-state index contributed by atoms with van der Waals surface area (Å²) in [6.07, 6.45) is 4.30. The number of fused-ring (bicyclic) bond motifs is 1. The van der Waals surface area contributed by atoms with Crippen molar-refractivity contribution < 1.29 is 22.4 Å². The van der Waals surface area contributed by atoms with Gasteiger partial charge in [0, 0.05) is 24.2 Å². The number of primary sulfonamides is 1. The van der Waals surface area contributed by atoms with Crippen molar-refractivity contribution in [3.63, 3.8) is 0 Å². The Kier molecular flexibility index (Phi) is 9.03. The Morgan fingerprint density at radius 1 is 1.20 bits per heavy atom. The second kappa shape index (κ2) is 12.6. The van der Waals surface area contributed by atoms with Gasteiger partial charge in [0.05, 0.1) is 11.4 Å². The number of nitriles is 1. The summed E-state index contributed by atoms with van der Waals surface area (Å²) >= 11 is 0. The van der Waals surface area contributed by atoms with E-state index in [0.717, 1.165) is 35.1 Å². The zero-order chi connectivity index (χ0) is 28.7. The van der Waals surface area contributed by atoms with E-state index in [1.165, 1.54) is 17.0 Å². The largest absolute Gasteiger partial charge is 0.461 e. The smallest absolute Gasteiger partial charge is 0.247 e. The van der Waals surface area contributed by atoms with Crippen LogP contribution < -0.4 is 21.1 Å². The molecule has 210 valence electrons. The van der Waals surface area contributed by atoms with Crippen molar-refractivity contribution in [2.75, 3.05) is 25.0 Å². The van der Waals surface area contributed by atoms with E-state index in [4.69, 9.17) is 9.56 Å². The third-order valence-electron chi connectivity index (χ3n) is 6.44. The number of carbonyl (C=O) groups excluding carboxylic acids is 2. The maximum atomic E-state index is 13.3. The minimum absolute atomic E-state index is 0.0228. The molecule has 1 aromatic heterocycles. The van der Waals surface area contributed by atoms with E-state index in [-0.39, 0.29) is 29.2 Å². The van der Waals surface area contributed by atoms with Crippen LogP contribution in [0.2, 0.25) is 0 Å². The molecule has 13 heteroatoms. The Bertz CT molecular complexity index is 1560. The van der Waals surface area contributed by atoms with Crippen molar-refractivity contribution in [2.45, 2.75) is 43.5 Å². The molecule has 4 rings (SSSR count). The summed E-state index contributed by atoms with van der Waals surface area (Å²) in [5.41, 5.74) is 2.24. The average Bonchev–Trinajstić information content (AvgIpc) is 3.19. The number of nitrogens with one attached hydrogen (secondary N) is 3. The number of amides is 2. The van der Waals surface area contributed by atoms with E-state index in [1.807, 2.05) is 31.3 Å². The minimum Gasteiger partial charge on any atom is -0.461 e. The van der Waals surface area contributed by atoms with Crippen molar-refractivity contribution >= 4 is 44.5 Å². The fourth-order valence-corrected chi connectivity index (χ4v) is 4.99. The Labute approximate surface area is 232 Å². The number of likely N-dealkylation sites (tertiary alicyclic amines) is 1. The van der Waals surface area contributed by atoms with E-state index < -0.39 is 16.1 Å². The van der Waals surface area contributed by atoms with Crippen molar-refractivity contribution in [1.82, 2.24) is 15.5 Å². The third kappa shape index (κ3) is 7.58. The monoisotopic (exact) mass is 565 g/mol. The molecule has 40 heavy (non-hydrogen) atoms. The SMILES string of the molecule is Cc1cc2cc(NC(=NC3CCCCN(CC(=O)NCCc4ccc(S(N)(=O)=O)cc4)C3=O)NC#N)ccc2o1. The highest BCUT2D eigenvalue weighted by Gasteiger charge is 2.28. The van der Waals surface area contributed by atoms with Gasteiger partial charge in [-0.15, -0.1) is 0 Å². The number of nitrogens with zero attached hydrogens (tertiary/aromatic N) is 3. The van der Waals surface area contributed by atoms with Gasteiger partial charge in [0.2, 0.25) is 27.8 Å². The molecule has 0 saturated carbocycles. The van der Waals surface area contributed by atoms with E-state index in [2.05, 4.69) is 20.9 Å². The summed E-state index contributed by atoms with van der Waals surface area (Å²) in [5, 5.41) is 23.6. The van der Waals surface area contributed by atoms with Crippen LogP contribution in [-0.4, -0.2) is 56.8 Å². The number of sulfonamides is 1. The summed E-state index contributed by atoms with van der Waals surface area (Å²) in [7, 11) is -3.76. The molecule has 5 N–H and O–H groups in total. The Morgan fingerprint density at radius 3 is 2.70 bits per heavy atom. The normalized spacial score (nSPS) is 16.3. The Hall–Kier alpha value is -4.41. The highest BCUT2D eigenvalue weighted by Crippen LogP contribution is 2.23. The summed E-state index contributed by atoms with van der Waals surface area (Å²) < 4.78 is 28.4. The van der Waals surface area contributed by atoms with E-state index >= 15 is 0 Å². The summed E-state index contributed by atoms with van der Waals surface area (Å²) in [4.78, 5) is 31.9. The molecule has 3 aromatic rings. The lowest BCUT2D eigenvalue weighted by Crippen LogP contribution is -2.44. The zero-order valence-corrected chi connectivity index (χ0v) is 22.8. The average molecular weight is 566 g/mol. The van der Waals surface area contributed by atoms with Crippen molar-refractivity contribution in [1.29, 1.82) is 5.26 Å². The van der Waals surface area contributed by atoms with Crippen LogP contribution in [0.25, 0.3) is 11.0 Å². The maximum Gasteiger partial charge on any atom is 0.247 e. The second-order valence-corrected chi connectivity index (χ2v) is 11.1. The molecule has 1 aliphatic heterocycles. The first-order chi connectivity index (χ1) is 19.1. The lowest BCUT2D eigenvalue weighted by Gasteiger charge is -2.22. The Morgan fingerprint density at radius 2 is 1.98 bits per heavy atom. The molecule has 0 bridgehead atoms. The number of anilines is 1. The first-order valence-corrected chi connectivity index (χ1v) is 14.3. The number of rotatable bonds is 8. The molecule has 2 heterocycles. The number of furan rings is 1. The number of guanidine groups is 1. The van der Waals surface area contributed by atoms with Crippen LogP contribution in [0.15, 0.2) is 62.8 Å². The molecular formula is C27H31N7O5S. The van der Waals surface area contributed by atoms with Crippen LogP contribution in [0.5, 0.6) is 0 Å². The summed E-state index contributed by atoms with van der Waals surface area (Å²) in [5.74, 6) is 0.325. The van der Waals surface area contributed by atoms with Crippen molar-refractivity contribution in [3.05, 3.63) is 59.9 Å². The van der Waals surface area contributed by atoms with Crippen LogP contribution in [0.4, 0.5) is 5.69 Å². The van der Waals surface area contributed by atoms with Gasteiger partial charge in [0.15, 0.2) is 6.19 Å². The molecule has 2 amide bonds. The highest BCUT2D eigenvalue weighted by atomic mass is 32.2. The van der Waals surface area contributed by atoms with Crippen LogP contribution >= 0.6 is 0 Å². The predicted octanol–water partition coefficient (Wildman–Crippen LogP) is 1.97. The molecule has 12 nitrogen and oxygen atoms in total. The fraction of sp³-hybridized carbons (Fsp3) is 0.333. The molecule has 1 fully saturated rings. The molecule has 0 aliphatic carbocycles. The molecule has 1 saturated heterocycles. The number of hydrogen-bond acceptors (Lipinski definition) is 7. The molecule has 0 radical (unpaired) electrons. The van der Waals surface area contributed by atoms with E-state index in [1.54, 1.807) is 18.2 Å². The quantitative estimate of drug-likeness (QED) is 0.138. The first-order valence-electron chi connectivity index (χ1n) is 12.8. The topological polar surface area (TPSA) is 183 Å². The minimum atomic E-state index is -3.76. The predicted molar refractivity (Wildman–Crippen MR) is 150 cm³/mol. The third-order valence-corrected chi connectivity index (χ3v) is 7.37. The van der Waals surface area contributed by atoms with Gasteiger partial charge in [0.25, 0.3) is 0 Å². The van der Waals surface area contributed by atoms with E-state index in [0.29, 0.717) is 31.6 Å². The van der Waals surface area contributed by atoms with E-state index in [9.17, 15) is 23.3 Å². The van der Waals surface area contributed by atoms with Gasteiger partial charge in [-0.3, -0.25) is 14.9 Å². The number of aliphatic imine (C=N–C) groups is 1. The van der Waals surface area contributed by atoms with Gasteiger partial charge in [0.1, 0.15) is 17.4 Å². The number of hydrogen-bond donors (Lipinski definition) is 4. The number of aryl methyl sites for hydroxylation is 1. The van der Waals surface area contributed by atoms with Gasteiger partial charge < -0.3 is 20.0 Å². The molecule has 1 unspecified atom stereocenters. The van der Waals surface area contributed by atoms with Gasteiger partial charge >= 0.3 is 0 Å². The second-order valence-electron chi connectivity index (χ2n) is 9.51. The van der Waals surface area contributed by atoms with Crippen molar-refractivity contribution in [3.8, 4) is 6.19 Å². The van der Waals surface area contributed by atoms with Gasteiger partial charge in [-0.1, -0.05) is 12.1 Å². The van der Waals surface area contributed by atoms with Gasteiger partial charge in [-0.05, 0) is 74.6 Å². The number of nitrogens with two attached hydrogens (primary N) is 1. The lowest BCUT2D eigenvalue weighted by atomic mass is 10.1. The van der Waals surface area contributed by atoms with Crippen molar-refractivity contribution in [2.24, 2.45) is 10.1 Å². The summed E-state index contributed by atoms with van der Waals surface area (Å²) in [6, 6.07) is 12.7. The molecular weight excluding hydrogens is 534 g/mol. The maximum absolute atomic E-state index is 13.3. The lowest BCUT2D eigenvalue weighted by molar-refractivity contribution is -0.136. The molecule has 2 aromatic carbocycles. The van der Waals surface area contributed by atoms with Gasteiger partial charge in [-0.2, -0.15) is 5.26 Å². The first kappa shape index (κ1) is 28.6. The summed E-state index contributed by atoms with van der Waals surface area (Å²) in [6.45, 7) is 2.49. The van der Waals surface area contributed by atoms with Gasteiger partial charge in [-0.25, -0.2) is 18.5 Å². The van der Waals surface area contributed by atoms with Crippen LogP contribution in [-0.2, 0) is 26.0 Å². The Balaban J connectivity index is 1.35. The molecule has 0 spiro atoms. The molecule has 1 aliphatic rings. The molecule has 1 atom stereocenters. The standard InChI is InChI=1S/C27H31N7O5S/c1-18-14-20-15-21(7-10-24(20)39-18)32-27(31-17-28)33-23-4-2-3-13-34(26(23)36)16-25(35)30-12-11-19-5-8-22(9-6-19)40(29,37)38/h5-10,14-15,23H,2-4,11-13,16H2,1H3,(H,30,35)(H2,29,37,38)(H2,31,32,33). The fourth-order valence-electron chi connectivity index (χ4n) is 4.48. The van der Waals surface area contributed by atoms with Crippen LogP contribution in [0.1, 0.15) is 30.6 Å². The number of benzene rings is 2.